The summed E-state index contributed by atoms with van der Waals surface area (Å²) in [6.45, 7) is 4.42. The number of ether oxygens (including phenoxy) is 1. The molecule has 0 aliphatic heterocycles. The molecule has 0 fully saturated rings. The van der Waals surface area contributed by atoms with Crippen LogP contribution < -0.4 is 10.9 Å². The van der Waals surface area contributed by atoms with E-state index < -0.39 is 0 Å². The summed E-state index contributed by atoms with van der Waals surface area (Å²) in [7, 11) is 0. The van der Waals surface area contributed by atoms with Gasteiger partial charge in [0.15, 0.2) is 5.16 Å². The van der Waals surface area contributed by atoms with Gasteiger partial charge in [-0.25, -0.2) is 9.78 Å². The number of nitrogens with one attached hydrogen (secondary N) is 1. The number of anilines is 1. The number of thioether (sulfide) groups is 1. The van der Waals surface area contributed by atoms with E-state index in [2.05, 4.69) is 10.3 Å². The highest BCUT2D eigenvalue weighted by Crippen LogP contribution is 2.39. The van der Waals surface area contributed by atoms with Crippen LogP contribution in [0.1, 0.15) is 41.1 Å². The first-order chi connectivity index (χ1) is 14.5. The molecule has 1 aliphatic rings. The maximum Gasteiger partial charge on any atom is 0.341 e. The molecular weight excluding hydrogens is 442 g/mol. The first-order valence-electron chi connectivity index (χ1n) is 9.75. The lowest BCUT2D eigenvalue weighted by Crippen LogP contribution is -2.23. The highest BCUT2D eigenvalue weighted by molar-refractivity contribution is 7.99. The van der Waals surface area contributed by atoms with Crippen LogP contribution >= 0.6 is 34.4 Å². The normalized spacial score (nSPS) is 12.9. The number of thiophene rings is 2. The van der Waals surface area contributed by atoms with Crippen molar-refractivity contribution in [2.45, 2.75) is 44.8 Å². The molecule has 0 atom stereocenters. The Labute approximate surface area is 185 Å². The Kier molecular flexibility index (Phi) is 6.26. The monoisotopic (exact) mass is 463 g/mol. The lowest BCUT2D eigenvalue weighted by molar-refractivity contribution is -0.113. The Morgan fingerprint density at radius 2 is 2.17 bits per heavy atom. The van der Waals surface area contributed by atoms with E-state index in [1.807, 2.05) is 18.4 Å². The van der Waals surface area contributed by atoms with Crippen LogP contribution in [0.25, 0.3) is 10.2 Å². The molecule has 0 radical (unpaired) electrons. The predicted molar refractivity (Wildman–Crippen MR) is 121 cm³/mol. The molecule has 10 heteroatoms. The second-order valence-corrected chi connectivity index (χ2v) is 9.66. The quantitative estimate of drug-likeness (QED) is 0.324. The number of fused-ring (bicyclic) bond motifs is 2. The van der Waals surface area contributed by atoms with Gasteiger partial charge in [-0.3, -0.25) is 14.2 Å². The smallest absolute Gasteiger partial charge is 0.341 e. The topological polar surface area (TPSA) is 90.3 Å². The van der Waals surface area contributed by atoms with E-state index in [9.17, 15) is 14.4 Å². The van der Waals surface area contributed by atoms with Crippen molar-refractivity contribution >= 4 is 61.5 Å². The number of aromatic nitrogens is 2. The minimum atomic E-state index is -0.385. The van der Waals surface area contributed by atoms with Crippen molar-refractivity contribution in [2.75, 3.05) is 17.7 Å². The van der Waals surface area contributed by atoms with Crippen LogP contribution in [0.5, 0.6) is 0 Å². The molecule has 1 amide bonds. The lowest BCUT2D eigenvalue weighted by atomic mass is 10.1. The molecule has 0 aromatic carbocycles. The third-order valence-corrected chi connectivity index (χ3v) is 7.91. The van der Waals surface area contributed by atoms with Crippen LogP contribution in [0.3, 0.4) is 0 Å². The Hall–Kier alpha value is -2.17. The maximum absolute atomic E-state index is 12.7. The number of carbonyl (C=O) groups is 2. The zero-order chi connectivity index (χ0) is 21.3. The number of nitrogens with zero attached hydrogens (tertiary/aromatic N) is 2. The van der Waals surface area contributed by atoms with Crippen LogP contribution in [0.15, 0.2) is 21.4 Å². The van der Waals surface area contributed by atoms with Crippen molar-refractivity contribution in [1.82, 2.24) is 9.55 Å². The van der Waals surface area contributed by atoms with E-state index in [0.29, 0.717) is 32.5 Å². The summed E-state index contributed by atoms with van der Waals surface area (Å²) < 4.78 is 7.41. The molecule has 158 valence electrons. The van der Waals surface area contributed by atoms with Crippen LogP contribution in [0, 0.1) is 0 Å². The summed E-state index contributed by atoms with van der Waals surface area (Å²) in [4.78, 5) is 43.4. The first-order valence-corrected chi connectivity index (χ1v) is 12.4. The van der Waals surface area contributed by atoms with Crippen LogP contribution in [0.4, 0.5) is 5.00 Å². The summed E-state index contributed by atoms with van der Waals surface area (Å²) in [5.41, 5.74) is 2.07. The van der Waals surface area contributed by atoms with Gasteiger partial charge in [0.1, 0.15) is 9.70 Å². The molecule has 7 nitrogen and oxygen atoms in total. The molecule has 0 bridgehead atoms. The number of amides is 1. The molecule has 3 heterocycles. The average Bonchev–Trinajstić information content (AvgIpc) is 3.42. The van der Waals surface area contributed by atoms with Crippen LogP contribution in [-0.2, 0) is 28.9 Å². The maximum atomic E-state index is 12.7. The number of hydrogen-bond acceptors (Lipinski definition) is 8. The Balaban J connectivity index is 1.52. The lowest BCUT2D eigenvalue weighted by Gasteiger charge is -2.10. The van der Waals surface area contributed by atoms with Crippen molar-refractivity contribution < 1.29 is 14.3 Å². The highest BCUT2D eigenvalue weighted by Gasteiger charge is 2.28. The predicted octanol–water partition coefficient (Wildman–Crippen LogP) is 3.94. The highest BCUT2D eigenvalue weighted by atomic mass is 32.2. The van der Waals surface area contributed by atoms with E-state index in [0.717, 1.165) is 29.7 Å². The average molecular weight is 464 g/mol. The molecule has 0 spiro atoms. The first kappa shape index (κ1) is 21.1. The fourth-order valence-corrected chi connectivity index (χ4v) is 6.45. The van der Waals surface area contributed by atoms with Gasteiger partial charge in [-0.2, -0.15) is 0 Å². The second kappa shape index (κ2) is 8.91. The molecule has 4 rings (SSSR count). The molecule has 0 saturated heterocycles. The fourth-order valence-electron chi connectivity index (χ4n) is 3.52. The zero-order valence-corrected chi connectivity index (χ0v) is 19.1. The van der Waals surface area contributed by atoms with Gasteiger partial charge >= 0.3 is 5.97 Å². The number of carbonyl (C=O) groups excluding carboxylic acids is 2. The van der Waals surface area contributed by atoms with Gasteiger partial charge in [-0.05, 0) is 50.1 Å². The molecule has 3 aromatic rings. The van der Waals surface area contributed by atoms with Crippen molar-refractivity contribution in [3.05, 3.63) is 37.8 Å². The number of hydrogen-bond donors (Lipinski definition) is 1. The van der Waals surface area contributed by atoms with E-state index >= 15 is 0 Å². The Morgan fingerprint density at radius 1 is 1.33 bits per heavy atom. The van der Waals surface area contributed by atoms with Crippen molar-refractivity contribution in [3.63, 3.8) is 0 Å². The van der Waals surface area contributed by atoms with E-state index in [1.54, 1.807) is 11.5 Å². The standard InChI is InChI=1S/C20H21N3O4S3/c1-3-23-18(25)16-12(8-9-28-16)21-20(23)29-10-14(24)22-17-15(19(26)27-4-2)11-6-5-7-13(11)30-17/h8-9H,3-7,10H2,1-2H3,(H,22,24). The molecule has 30 heavy (non-hydrogen) atoms. The molecule has 3 aromatic heterocycles. The molecular formula is C20H21N3O4S3. The van der Waals surface area contributed by atoms with Gasteiger partial charge in [-0.15, -0.1) is 22.7 Å². The van der Waals surface area contributed by atoms with E-state index in [4.69, 9.17) is 4.74 Å². The fraction of sp³-hybridized carbons (Fsp3) is 0.400. The minimum Gasteiger partial charge on any atom is -0.462 e. The van der Waals surface area contributed by atoms with E-state index in [1.165, 1.54) is 34.4 Å². The third-order valence-electron chi connectivity index (χ3n) is 4.83. The summed E-state index contributed by atoms with van der Waals surface area (Å²) in [5.74, 6) is -0.538. The van der Waals surface area contributed by atoms with Crippen molar-refractivity contribution in [3.8, 4) is 0 Å². The summed E-state index contributed by atoms with van der Waals surface area (Å²) in [6.07, 6.45) is 2.77. The Bertz CT molecular complexity index is 1180. The largest absolute Gasteiger partial charge is 0.462 e. The SMILES string of the molecule is CCOC(=O)c1c(NC(=O)CSc2nc3ccsc3c(=O)n2CC)sc2c1CCC2. The van der Waals surface area contributed by atoms with Crippen molar-refractivity contribution in [2.24, 2.45) is 0 Å². The minimum absolute atomic E-state index is 0.0836. The van der Waals surface area contributed by atoms with Gasteiger partial charge in [0, 0.05) is 11.4 Å². The van der Waals surface area contributed by atoms with Crippen molar-refractivity contribution in [1.29, 1.82) is 0 Å². The van der Waals surface area contributed by atoms with Gasteiger partial charge < -0.3 is 10.1 Å². The molecule has 1 aliphatic carbocycles. The third kappa shape index (κ3) is 3.91. The van der Waals surface area contributed by atoms with Crippen LogP contribution in [-0.4, -0.2) is 33.8 Å². The molecule has 1 N–H and O–H groups in total. The number of aryl methyl sites for hydroxylation is 1. The van der Waals surface area contributed by atoms with Gasteiger partial charge in [0.25, 0.3) is 5.56 Å². The van der Waals surface area contributed by atoms with Gasteiger partial charge in [0.05, 0.1) is 23.4 Å². The van der Waals surface area contributed by atoms with Gasteiger partial charge in [-0.1, -0.05) is 11.8 Å². The summed E-state index contributed by atoms with van der Waals surface area (Å²) in [5, 5.41) is 5.79. The number of rotatable bonds is 7. The molecule has 0 saturated carbocycles. The molecule has 0 unspecified atom stereocenters. The Morgan fingerprint density at radius 3 is 2.93 bits per heavy atom. The summed E-state index contributed by atoms with van der Waals surface area (Å²) >= 11 is 4.05. The summed E-state index contributed by atoms with van der Waals surface area (Å²) in [6, 6.07) is 1.81. The second-order valence-electron chi connectivity index (χ2n) is 6.70. The number of esters is 1. The van der Waals surface area contributed by atoms with Crippen LogP contribution in [0.2, 0.25) is 0 Å². The zero-order valence-electron chi connectivity index (χ0n) is 16.6. The van der Waals surface area contributed by atoms with E-state index in [-0.39, 0.29) is 29.8 Å². The van der Waals surface area contributed by atoms with Gasteiger partial charge in [0.2, 0.25) is 5.91 Å².